The fourth-order valence-corrected chi connectivity index (χ4v) is 2.70. The maximum atomic E-state index is 12.1. The number of hydrogen-bond donors (Lipinski definition) is 2. The van der Waals surface area contributed by atoms with Crippen molar-refractivity contribution in [2.75, 3.05) is 11.1 Å². The zero-order valence-corrected chi connectivity index (χ0v) is 12.3. The molecule has 5 nitrogen and oxygen atoms in total. The Balaban J connectivity index is 2.25. The molecule has 0 atom stereocenters. The highest BCUT2D eigenvalue weighted by Crippen LogP contribution is 2.26. The quantitative estimate of drug-likeness (QED) is 0.881. The van der Waals surface area contributed by atoms with Crippen LogP contribution < -0.4 is 11.1 Å². The molecule has 0 bridgehead atoms. The van der Waals surface area contributed by atoms with Gasteiger partial charge in [0.05, 0.1) is 23.0 Å². The number of aryl methyl sites for hydroxylation is 1. The summed E-state index contributed by atoms with van der Waals surface area (Å²) in [5.41, 5.74) is 7.27. The molecule has 1 heterocycles. The van der Waals surface area contributed by atoms with Gasteiger partial charge in [0.1, 0.15) is 4.88 Å². The van der Waals surface area contributed by atoms with Gasteiger partial charge in [-0.05, 0) is 41.1 Å². The topological polar surface area (TPSA) is 91.8 Å². The van der Waals surface area contributed by atoms with Gasteiger partial charge in [-0.1, -0.05) is 11.3 Å². The van der Waals surface area contributed by atoms with Gasteiger partial charge in [0.15, 0.2) is 5.13 Å². The monoisotopic (exact) mass is 336 g/mol. The molecule has 1 aromatic heterocycles. The second kappa shape index (κ2) is 5.38. The highest BCUT2D eigenvalue weighted by molar-refractivity contribution is 9.10. The second-order valence-electron chi connectivity index (χ2n) is 3.73. The number of aromatic nitrogens is 1. The Morgan fingerprint density at radius 3 is 2.84 bits per heavy atom. The molecule has 0 saturated carbocycles. The van der Waals surface area contributed by atoms with Crippen LogP contribution in [0.5, 0.6) is 0 Å². The maximum absolute atomic E-state index is 12.1. The lowest BCUT2D eigenvalue weighted by Gasteiger charge is -2.06. The second-order valence-corrected chi connectivity index (χ2v) is 5.61. The van der Waals surface area contributed by atoms with Gasteiger partial charge in [-0.25, -0.2) is 4.98 Å². The zero-order chi connectivity index (χ0) is 14.0. The highest BCUT2D eigenvalue weighted by Gasteiger charge is 2.15. The molecule has 0 aliphatic rings. The number of halogens is 1. The maximum Gasteiger partial charge on any atom is 0.267 e. The predicted molar refractivity (Wildman–Crippen MR) is 78.1 cm³/mol. The van der Waals surface area contributed by atoms with Crippen molar-refractivity contribution >= 4 is 44.0 Å². The number of nitrogen functional groups attached to an aromatic ring is 1. The minimum atomic E-state index is -0.267. The molecule has 3 N–H and O–H groups in total. The molecule has 96 valence electrons. The van der Waals surface area contributed by atoms with Crippen molar-refractivity contribution in [2.24, 2.45) is 0 Å². The number of nitriles is 1. The van der Waals surface area contributed by atoms with Crippen molar-refractivity contribution < 1.29 is 4.79 Å². The zero-order valence-electron chi connectivity index (χ0n) is 9.90. The molecule has 0 unspecified atom stereocenters. The van der Waals surface area contributed by atoms with Crippen LogP contribution in [0, 0.1) is 18.3 Å². The van der Waals surface area contributed by atoms with Gasteiger partial charge in [0, 0.05) is 4.47 Å². The lowest BCUT2D eigenvalue weighted by molar-refractivity contribution is 0.102. The number of nitrogens with one attached hydrogen (secondary N) is 1. The lowest BCUT2D eigenvalue weighted by atomic mass is 10.2. The van der Waals surface area contributed by atoms with Crippen LogP contribution in [-0.4, -0.2) is 10.9 Å². The van der Waals surface area contributed by atoms with E-state index in [1.807, 2.05) is 6.07 Å². The summed E-state index contributed by atoms with van der Waals surface area (Å²) < 4.78 is 0.648. The average Bonchev–Trinajstić information content (AvgIpc) is 2.71. The Hall–Kier alpha value is -1.91. The van der Waals surface area contributed by atoms with Crippen LogP contribution in [0.2, 0.25) is 0 Å². The Bertz CT molecular complexity index is 690. The molecule has 0 aliphatic carbocycles. The molecule has 0 aliphatic heterocycles. The summed E-state index contributed by atoms with van der Waals surface area (Å²) in [5.74, 6) is -0.267. The molecule has 7 heteroatoms. The highest BCUT2D eigenvalue weighted by atomic mass is 79.9. The first-order valence-electron chi connectivity index (χ1n) is 5.25. The fraction of sp³-hybridized carbons (Fsp3) is 0.0833. The summed E-state index contributed by atoms with van der Waals surface area (Å²) in [6.07, 6.45) is 0. The van der Waals surface area contributed by atoms with Crippen molar-refractivity contribution in [3.05, 3.63) is 38.8 Å². The van der Waals surface area contributed by atoms with Crippen LogP contribution in [0.3, 0.4) is 0 Å². The number of anilines is 2. The molecule has 0 spiro atoms. The van der Waals surface area contributed by atoms with Gasteiger partial charge in [0.25, 0.3) is 5.91 Å². The van der Waals surface area contributed by atoms with Crippen LogP contribution in [-0.2, 0) is 0 Å². The summed E-state index contributed by atoms with van der Waals surface area (Å²) in [7, 11) is 0. The van der Waals surface area contributed by atoms with E-state index in [-0.39, 0.29) is 5.91 Å². The van der Waals surface area contributed by atoms with E-state index in [0.717, 1.165) is 11.3 Å². The first-order chi connectivity index (χ1) is 9.01. The SMILES string of the molecule is Cc1nc(N)sc1C(=O)Nc1ccc(C#N)cc1Br. The first-order valence-corrected chi connectivity index (χ1v) is 6.86. The summed E-state index contributed by atoms with van der Waals surface area (Å²) in [4.78, 5) is 16.6. The number of nitrogens with zero attached hydrogens (tertiary/aromatic N) is 2. The van der Waals surface area contributed by atoms with Crippen molar-refractivity contribution in [2.45, 2.75) is 6.92 Å². The van der Waals surface area contributed by atoms with Crippen molar-refractivity contribution in [3.8, 4) is 6.07 Å². The van der Waals surface area contributed by atoms with E-state index in [2.05, 4.69) is 26.2 Å². The van der Waals surface area contributed by atoms with Crippen LogP contribution >= 0.6 is 27.3 Å². The number of carbonyl (C=O) groups is 1. The first kappa shape index (κ1) is 13.5. The molecule has 0 radical (unpaired) electrons. The number of carbonyl (C=O) groups excluding carboxylic acids is 1. The molecule has 0 fully saturated rings. The van der Waals surface area contributed by atoms with E-state index in [0.29, 0.717) is 31.4 Å². The van der Waals surface area contributed by atoms with Gasteiger partial charge < -0.3 is 11.1 Å². The number of amides is 1. The average molecular weight is 337 g/mol. The van der Waals surface area contributed by atoms with E-state index in [1.165, 1.54) is 0 Å². The lowest BCUT2D eigenvalue weighted by Crippen LogP contribution is -2.12. The van der Waals surface area contributed by atoms with Gasteiger partial charge in [0.2, 0.25) is 0 Å². The molecule has 1 amide bonds. The number of rotatable bonds is 2. The molecule has 2 aromatic rings. The predicted octanol–water partition coefficient (Wildman–Crippen LogP) is 2.92. The third-order valence-electron chi connectivity index (χ3n) is 2.37. The van der Waals surface area contributed by atoms with Crippen molar-refractivity contribution in [3.63, 3.8) is 0 Å². The minimum Gasteiger partial charge on any atom is -0.375 e. The molecule has 2 rings (SSSR count). The normalized spacial score (nSPS) is 9.95. The summed E-state index contributed by atoms with van der Waals surface area (Å²) in [6.45, 7) is 1.73. The molecular weight excluding hydrogens is 328 g/mol. The van der Waals surface area contributed by atoms with E-state index in [9.17, 15) is 4.79 Å². The summed E-state index contributed by atoms with van der Waals surface area (Å²) >= 11 is 4.45. The van der Waals surface area contributed by atoms with E-state index in [1.54, 1.807) is 25.1 Å². The van der Waals surface area contributed by atoms with E-state index in [4.69, 9.17) is 11.0 Å². The summed E-state index contributed by atoms with van der Waals surface area (Å²) in [5, 5.41) is 11.9. The standard InChI is InChI=1S/C12H9BrN4OS/c1-6-10(19-12(15)16-6)11(18)17-9-3-2-7(5-14)4-8(9)13/h2-4H,1H3,(H2,15,16)(H,17,18). The van der Waals surface area contributed by atoms with Crippen molar-refractivity contribution in [1.29, 1.82) is 5.26 Å². The molecule has 19 heavy (non-hydrogen) atoms. The Morgan fingerprint density at radius 1 is 1.58 bits per heavy atom. The minimum absolute atomic E-state index is 0.267. The number of thiazole rings is 1. The molecule has 0 saturated heterocycles. The number of nitrogens with two attached hydrogens (primary N) is 1. The Labute approximate surface area is 122 Å². The van der Waals surface area contributed by atoms with Gasteiger partial charge in [-0.3, -0.25) is 4.79 Å². The van der Waals surface area contributed by atoms with E-state index < -0.39 is 0 Å². The van der Waals surface area contributed by atoms with Gasteiger partial charge in [-0.2, -0.15) is 5.26 Å². The Kier molecular flexibility index (Phi) is 3.83. The number of benzene rings is 1. The van der Waals surface area contributed by atoms with Crippen LogP contribution in [0.1, 0.15) is 20.9 Å². The smallest absolute Gasteiger partial charge is 0.267 e. The van der Waals surface area contributed by atoms with Crippen LogP contribution in [0.15, 0.2) is 22.7 Å². The van der Waals surface area contributed by atoms with Crippen molar-refractivity contribution in [1.82, 2.24) is 4.98 Å². The van der Waals surface area contributed by atoms with Gasteiger partial charge in [-0.15, -0.1) is 0 Å². The van der Waals surface area contributed by atoms with Crippen LogP contribution in [0.4, 0.5) is 10.8 Å². The van der Waals surface area contributed by atoms with Gasteiger partial charge >= 0.3 is 0 Å². The Morgan fingerprint density at radius 2 is 2.32 bits per heavy atom. The third kappa shape index (κ3) is 2.92. The third-order valence-corrected chi connectivity index (χ3v) is 4.01. The summed E-state index contributed by atoms with van der Waals surface area (Å²) in [6, 6.07) is 6.97. The van der Waals surface area contributed by atoms with E-state index >= 15 is 0 Å². The largest absolute Gasteiger partial charge is 0.375 e. The fourth-order valence-electron chi connectivity index (χ4n) is 1.49. The molecule has 1 aromatic carbocycles. The van der Waals surface area contributed by atoms with Crippen LogP contribution in [0.25, 0.3) is 0 Å². The number of hydrogen-bond acceptors (Lipinski definition) is 5. The molecular formula is C12H9BrN4OS.